The predicted octanol–water partition coefficient (Wildman–Crippen LogP) is 2.04. The van der Waals surface area contributed by atoms with Gasteiger partial charge in [0, 0.05) is 11.4 Å². The van der Waals surface area contributed by atoms with Gasteiger partial charge < -0.3 is 15.4 Å². The van der Waals surface area contributed by atoms with Crippen molar-refractivity contribution in [3.63, 3.8) is 0 Å². The summed E-state index contributed by atoms with van der Waals surface area (Å²) in [4.78, 5) is 37.8. The van der Waals surface area contributed by atoms with Crippen LogP contribution in [-0.4, -0.2) is 41.3 Å². The standard InChI is InChI=1S/C22H24N4O4/c1-4-14(2)24-19(27)13-23-21(28)20-17-7-5-6-8-18(17)22(29)26(25-20)15-9-11-16(30-3)12-10-15/h5-12,14H,4,13H2,1-3H3,(H,23,28)(H,24,27)/t14-/m1/s1. The number of hydrogen-bond donors (Lipinski definition) is 2. The maximum Gasteiger partial charge on any atom is 0.279 e. The van der Waals surface area contributed by atoms with Crippen LogP contribution in [0.1, 0.15) is 30.8 Å². The highest BCUT2D eigenvalue weighted by molar-refractivity contribution is 6.05. The van der Waals surface area contributed by atoms with Crippen molar-refractivity contribution in [2.45, 2.75) is 26.3 Å². The number of hydrogen-bond acceptors (Lipinski definition) is 5. The maximum absolute atomic E-state index is 13.0. The molecule has 0 radical (unpaired) electrons. The number of carbonyl (C=O) groups is 2. The van der Waals surface area contributed by atoms with E-state index in [0.29, 0.717) is 22.2 Å². The van der Waals surface area contributed by atoms with Crippen LogP contribution in [0.4, 0.5) is 0 Å². The molecule has 1 heterocycles. The molecule has 0 aliphatic carbocycles. The second-order valence-corrected chi connectivity index (χ2v) is 6.87. The summed E-state index contributed by atoms with van der Waals surface area (Å²) in [6, 6.07) is 13.6. The quantitative estimate of drug-likeness (QED) is 0.623. The van der Waals surface area contributed by atoms with Crippen molar-refractivity contribution in [3.05, 3.63) is 64.6 Å². The van der Waals surface area contributed by atoms with Crippen LogP contribution in [0.15, 0.2) is 53.3 Å². The van der Waals surface area contributed by atoms with E-state index in [0.717, 1.165) is 6.42 Å². The maximum atomic E-state index is 13.0. The molecule has 8 heteroatoms. The number of ether oxygens (including phenoxy) is 1. The summed E-state index contributed by atoms with van der Waals surface area (Å²) >= 11 is 0. The molecule has 1 atom stereocenters. The second-order valence-electron chi connectivity index (χ2n) is 6.87. The average molecular weight is 408 g/mol. The Kier molecular flexibility index (Phi) is 6.46. The fourth-order valence-electron chi connectivity index (χ4n) is 2.93. The summed E-state index contributed by atoms with van der Waals surface area (Å²) in [5.74, 6) is -0.184. The van der Waals surface area contributed by atoms with Crippen LogP contribution >= 0.6 is 0 Å². The molecule has 0 aliphatic rings. The molecule has 2 aromatic carbocycles. The molecule has 3 rings (SSSR count). The first-order valence-corrected chi connectivity index (χ1v) is 9.68. The van der Waals surface area contributed by atoms with Crippen LogP contribution in [0.25, 0.3) is 16.5 Å². The van der Waals surface area contributed by atoms with Crippen molar-refractivity contribution in [1.82, 2.24) is 20.4 Å². The third kappa shape index (κ3) is 4.48. The van der Waals surface area contributed by atoms with Gasteiger partial charge in [0.2, 0.25) is 5.91 Å². The molecule has 156 valence electrons. The second kappa shape index (κ2) is 9.21. The number of amides is 2. The molecule has 0 spiro atoms. The largest absolute Gasteiger partial charge is 0.497 e. The topological polar surface area (TPSA) is 102 Å². The molecule has 0 saturated heterocycles. The van der Waals surface area contributed by atoms with Crippen molar-refractivity contribution < 1.29 is 14.3 Å². The van der Waals surface area contributed by atoms with Crippen LogP contribution < -0.4 is 20.9 Å². The van der Waals surface area contributed by atoms with Gasteiger partial charge in [0.15, 0.2) is 5.69 Å². The lowest BCUT2D eigenvalue weighted by Crippen LogP contribution is -2.41. The number of rotatable bonds is 7. The van der Waals surface area contributed by atoms with Gasteiger partial charge in [-0.05, 0) is 43.7 Å². The first kappa shape index (κ1) is 21.0. The molecular weight excluding hydrogens is 384 g/mol. The van der Waals surface area contributed by atoms with E-state index in [1.807, 2.05) is 13.8 Å². The fourth-order valence-corrected chi connectivity index (χ4v) is 2.93. The highest BCUT2D eigenvalue weighted by Gasteiger charge is 2.18. The highest BCUT2D eigenvalue weighted by Crippen LogP contribution is 2.17. The van der Waals surface area contributed by atoms with E-state index in [2.05, 4.69) is 15.7 Å². The van der Waals surface area contributed by atoms with Gasteiger partial charge in [-0.2, -0.15) is 9.78 Å². The lowest BCUT2D eigenvalue weighted by molar-refractivity contribution is -0.120. The van der Waals surface area contributed by atoms with Crippen molar-refractivity contribution in [2.24, 2.45) is 0 Å². The molecule has 2 N–H and O–H groups in total. The van der Waals surface area contributed by atoms with Crippen molar-refractivity contribution in [3.8, 4) is 11.4 Å². The predicted molar refractivity (Wildman–Crippen MR) is 114 cm³/mol. The Morgan fingerprint density at radius 3 is 2.40 bits per heavy atom. The van der Waals surface area contributed by atoms with Gasteiger partial charge in [0.25, 0.3) is 11.5 Å². The van der Waals surface area contributed by atoms with Crippen LogP contribution in [-0.2, 0) is 4.79 Å². The molecule has 3 aromatic rings. The molecule has 30 heavy (non-hydrogen) atoms. The normalized spacial score (nSPS) is 11.7. The molecule has 0 saturated carbocycles. The molecule has 0 fully saturated rings. The number of carbonyl (C=O) groups excluding carboxylic acids is 2. The fraction of sp³-hybridized carbons (Fsp3) is 0.273. The lowest BCUT2D eigenvalue weighted by Gasteiger charge is -2.13. The van der Waals surface area contributed by atoms with Gasteiger partial charge in [-0.15, -0.1) is 0 Å². The summed E-state index contributed by atoms with van der Waals surface area (Å²) in [6.45, 7) is 3.67. The Hall–Kier alpha value is -3.68. The molecule has 8 nitrogen and oxygen atoms in total. The first-order chi connectivity index (χ1) is 14.4. The van der Waals surface area contributed by atoms with Gasteiger partial charge in [-0.3, -0.25) is 14.4 Å². The Labute approximate surface area is 173 Å². The zero-order valence-electron chi connectivity index (χ0n) is 17.1. The highest BCUT2D eigenvalue weighted by atomic mass is 16.5. The summed E-state index contributed by atoms with van der Waals surface area (Å²) in [6.07, 6.45) is 0.790. The zero-order chi connectivity index (χ0) is 21.7. The van der Waals surface area contributed by atoms with Gasteiger partial charge >= 0.3 is 0 Å². The van der Waals surface area contributed by atoms with Gasteiger partial charge in [-0.1, -0.05) is 25.1 Å². The molecular formula is C22H24N4O4. The van der Waals surface area contributed by atoms with Crippen LogP contribution in [0.5, 0.6) is 5.75 Å². The SMILES string of the molecule is CC[C@@H](C)NC(=O)CNC(=O)c1nn(-c2ccc(OC)cc2)c(=O)c2ccccc12. The summed E-state index contributed by atoms with van der Waals surface area (Å²) in [5.41, 5.74) is 0.217. The molecule has 2 amide bonds. The number of methoxy groups -OCH3 is 1. The van der Waals surface area contributed by atoms with Crippen LogP contribution in [0.2, 0.25) is 0 Å². The van der Waals surface area contributed by atoms with E-state index in [1.165, 1.54) is 4.68 Å². The number of aromatic nitrogens is 2. The molecule has 0 aliphatic heterocycles. The van der Waals surface area contributed by atoms with E-state index >= 15 is 0 Å². The van der Waals surface area contributed by atoms with Crippen LogP contribution in [0.3, 0.4) is 0 Å². The summed E-state index contributed by atoms with van der Waals surface area (Å²) in [5, 5.41) is 10.5. The van der Waals surface area contributed by atoms with E-state index in [4.69, 9.17) is 4.74 Å². The number of fused-ring (bicyclic) bond motifs is 1. The van der Waals surface area contributed by atoms with E-state index < -0.39 is 5.91 Å². The van der Waals surface area contributed by atoms with E-state index in [-0.39, 0.29) is 29.7 Å². The molecule has 1 aromatic heterocycles. The minimum Gasteiger partial charge on any atom is -0.497 e. The van der Waals surface area contributed by atoms with Crippen LogP contribution in [0, 0.1) is 0 Å². The first-order valence-electron chi connectivity index (χ1n) is 9.68. The third-order valence-corrected chi connectivity index (χ3v) is 4.77. The van der Waals surface area contributed by atoms with Crippen molar-refractivity contribution in [2.75, 3.05) is 13.7 Å². The van der Waals surface area contributed by atoms with Gasteiger partial charge in [0.05, 0.1) is 24.7 Å². The number of benzene rings is 2. The summed E-state index contributed by atoms with van der Waals surface area (Å²) in [7, 11) is 1.55. The average Bonchev–Trinajstić information content (AvgIpc) is 2.78. The molecule has 0 unspecified atom stereocenters. The third-order valence-electron chi connectivity index (χ3n) is 4.77. The monoisotopic (exact) mass is 408 g/mol. The minimum atomic E-state index is -0.534. The Morgan fingerprint density at radius 2 is 1.77 bits per heavy atom. The minimum absolute atomic E-state index is 0.0188. The number of nitrogens with one attached hydrogen (secondary N) is 2. The Bertz CT molecular complexity index is 1120. The Morgan fingerprint density at radius 1 is 1.10 bits per heavy atom. The van der Waals surface area contributed by atoms with E-state index in [9.17, 15) is 14.4 Å². The van der Waals surface area contributed by atoms with Gasteiger partial charge in [-0.25, -0.2) is 0 Å². The van der Waals surface area contributed by atoms with E-state index in [1.54, 1.807) is 55.6 Å². The Balaban J connectivity index is 1.97. The van der Waals surface area contributed by atoms with Crippen molar-refractivity contribution in [1.29, 1.82) is 0 Å². The smallest absolute Gasteiger partial charge is 0.279 e. The lowest BCUT2D eigenvalue weighted by atomic mass is 10.1. The van der Waals surface area contributed by atoms with Crippen molar-refractivity contribution >= 4 is 22.6 Å². The molecule has 0 bridgehead atoms. The summed E-state index contributed by atoms with van der Waals surface area (Å²) < 4.78 is 6.32. The zero-order valence-corrected chi connectivity index (χ0v) is 17.1. The van der Waals surface area contributed by atoms with Gasteiger partial charge in [0.1, 0.15) is 5.75 Å². The number of nitrogens with zero attached hydrogens (tertiary/aromatic N) is 2.